The van der Waals surface area contributed by atoms with E-state index in [2.05, 4.69) is 10.3 Å². The van der Waals surface area contributed by atoms with Crippen LogP contribution in [0.4, 0.5) is 0 Å². The topological polar surface area (TPSA) is 99.9 Å². The molecular weight excluding hydrogens is 424 g/mol. The van der Waals surface area contributed by atoms with Crippen molar-refractivity contribution in [3.05, 3.63) is 88.5 Å². The summed E-state index contributed by atoms with van der Waals surface area (Å²) in [5, 5.41) is 3.08. The highest BCUT2D eigenvalue weighted by molar-refractivity contribution is 5.80. The molecule has 2 aromatic carbocycles. The van der Waals surface area contributed by atoms with Crippen molar-refractivity contribution in [2.75, 3.05) is 13.7 Å². The summed E-state index contributed by atoms with van der Waals surface area (Å²) in [5.41, 5.74) is 0.789. The quantitative estimate of drug-likeness (QED) is 0.437. The number of nitrogens with one attached hydrogen (secondary N) is 1. The molecule has 4 rings (SSSR count). The smallest absolute Gasteiger partial charge is 0.258 e. The number of aromatic nitrogens is 1. The van der Waals surface area contributed by atoms with E-state index < -0.39 is 0 Å². The minimum atomic E-state index is -0.302. The van der Waals surface area contributed by atoms with Crippen LogP contribution in [0, 0.1) is 6.92 Å². The SMILES string of the molecule is COc1ccc(Oc2c(C)oc3cc(OCC(=O)NCc4ccccn4)ccc3c2=O)cc1. The predicted octanol–water partition coefficient (Wildman–Crippen LogP) is 3.99. The summed E-state index contributed by atoms with van der Waals surface area (Å²) < 4.78 is 22.3. The van der Waals surface area contributed by atoms with Crippen LogP contribution in [0.15, 0.2) is 76.1 Å². The van der Waals surface area contributed by atoms with Gasteiger partial charge in [0.1, 0.15) is 28.6 Å². The first-order valence-electron chi connectivity index (χ1n) is 10.2. The molecule has 0 atom stereocenters. The molecule has 0 radical (unpaired) electrons. The summed E-state index contributed by atoms with van der Waals surface area (Å²) in [6, 6.07) is 17.1. The van der Waals surface area contributed by atoms with Crippen molar-refractivity contribution in [2.24, 2.45) is 0 Å². The molecule has 0 saturated carbocycles. The van der Waals surface area contributed by atoms with Gasteiger partial charge >= 0.3 is 0 Å². The molecule has 0 fully saturated rings. The summed E-state index contributed by atoms with van der Waals surface area (Å²) in [5.74, 6) is 1.72. The molecule has 2 aromatic heterocycles. The second kappa shape index (κ2) is 9.86. The molecule has 0 aliphatic rings. The Hall–Kier alpha value is -4.33. The zero-order valence-corrected chi connectivity index (χ0v) is 18.2. The number of aryl methyl sites for hydroxylation is 1. The summed E-state index contributed by atoms with van der Waals surface area (Å²) in [6.45, 7) is 1.78. The molecule has 0 aliphatic heterocycles. The third-order valence-corrected chi connectivity index (χ3v) is 4.83. The Balaban J connectivity index is 1.44. The van der Waals surface area contributed by atoms with E-state index >= 15 is 0 Å². The third-order valence-electron chi connectivity index (χ3n) is 4.83. The number of pyridine rings is 1. The summed E-state index contributed by atoms with van der Waals surface area (Å²) in [4.78, 5) is 29.2. The highest BCUT2D eigenvalue weighted by Gasteiger charge is 2.15. The van der Waals surface area contributed by atoms with E-state index in [1.807, 2.05) is 18.2 Å². The fourth-order valence-corrected chi connectivity index (χ4v) is 3.13. The Labute approximate surface area is 189 Å². The number of benzene rings is 2. The van der Waals surface area contributed by atoms with Crippen LogP contribution in [-0.2, 0) is 11.3 Å². The van der Waals surface area contributed by atoms with E-state index in [9.17, 15) is 9.59 Å². The van der Waals surface area contributed by atoms with Crippen LogP contribution in [0.2, 0.25) is 0 Å². The molecule has 1 N–H and O–H groups in total. The number of nitrogens with zero attached hydrogens (tertiary/aromatic N) is 1. The monoisotopic (exact) mass is 446 g/mol. The number of carbonyl (C=O) groups excluding carboxylic acids is 1. The first-order chi connectivity index (χ1) is 16.0. The molecule has 0 aliphatic carbocycles. The molecular formula is C25H22N2O6. The van der Waals surface area contributed by atoms with Gasteiger partial charge in [0.25, 0.3) is 5.91 Å². The number of fused-ring (bicyclic) bond motifs is 1. The number of hydrogen-bond donors (Lipinski definition) is 1. The maximum Gasteiger partial charge on any atom is 0.258 e. The molecule has 0 bridgehead atoms. The van der Waals surface area contributed by atoms with Crippen LogP contribution in [0.25, 0.3) is 11.0 Å². The Kier molecular flexibility index (Phi) is 6.54. The fourth-order valence-electron chi connectivity index (χ4n) is 3.13. The molecule has 33 heavy (non-hydrogen) atoms. The number of ether oxygens (including phenoxy) is 3. The summed E-state index contributed by atoms with van der Waals surface area (Å²) in [6.07, 6.45) is 1.66. The third kappa shape index (κ3) is 5.30. The van der Waals surface area contributed by atoms with Gasteiger partial charge in [0, 0.05) is 12.3 Å². The highest BCUT2D eigenvalue weighted by atomic mass is 16.5. The standard InChI is InChI=1S/C25H22N2O6/c1-16-25(33-19-8-6-18(30-2)7-9-19)24(29)21-11-10-20(13-22(21)32-16)31-15-23(28)27-14-17-5-3-4-12-26-17/h3-13H,14-15H2,1-2H3,(H,27,28). The molecule has 4 aromatic rings. The average molecular weight is 446 g/mol. The zero-order chi connectivity index (χ0) is 23.2. The largest absolute Gasteiger partial charge is 0.497 e. The van der Waals surface area contributed by atoms with Crippen LogP contribution < -0.4 is 25.0 Å². The minimum absolute atomic E-state index is 0.107. The number of rotatable bonds is 8. The van der Waals surface area contributed by atoms with Gasteiger partial charge in [-0.3, -0.25) is 14.6 Å². The van der Waals surface area contributed by atoms with Crippen molar-refractivity contribution in [3.8, 4) is 23.0 Å². The van der Waals surface area contributed by atoms with Crippen LogP contribution in [-0.4, -0.2) is 24.6 Å². The average Bonchev–Trinajstić information content (AvgIpc) is 2.85. The van der Waals surface area contributed by atoms with E-state index in [4.69, 9.17) is 18.6 Å². The molecule has 168 valence electrons. The van der Waals surface area contributed by atoms with Gasteiger partial charge in [0.2, 0.25) is 11.2 Å². The first-order valence-corrected chi connectivity index (χ1v) is 10.2. The maximum absolute atomic E-state index is 13.0. The lowest BCUT2D eigenvalue weighted by molar-refractivity contribution is -0.123. The Bertz CT molecular complexity index is 1320. The lowest BCUT2D eigenvalue weighted by Gasteiger charge is -2.11. The number of methoxy groups -OCH3 is 1. The molecule has 8 heteroatoms. The minimum Gasteiger partial charge on any atom is -0.497 e. The van der Waals surface area contributed by atoms with Crippen molar-refractivity contribution in [1.82, 2.24) is 10.3 Å². The summed E-state index contributed by atoms with van der Waals surface area (Å²) >= 11 is 0. The van der Waals surface area contributed by atoms with Crippen LogP contribution in [0.5, 0.6) is 23.0 Å². The Morgan fingerprint density at radius 2 is 1.79 bits per heavy atom. The fraction of sp³-hybridized carbons (Fsp3) is 0.160. The molecule has 0 saturated heterocycles. The van der Waals surface area contributed by atoms with Crippen LogP contribution in [0.1, 0.15) is 11.5 Å². The molecule has 0 spiro atoms. The number of amides is 1. The van der Waals surface area contributed by atoms with Crippen molar-refractivity contribution < 1.29 is 23.4 Å². The highest BCUT2D eigenvalue weighted by Crippen LogP contribution is 2.28. The van der Waals surface area contributed by atoms with Crippen molar-refractivity contribution in [1.29, 1.82) is 0 Å². The van der Waals surface area contributed by atoms with Gasteiger partial charge in [-0.2, -0.15) is 0 Å². The van der Waals surface area contributed by atoms with Gasteiger partial charge < -0.3 is 23.9 Å². The van der Waals surface area contributed by atoms with Crippen molar-refractivity contribution >= 4 is 16.9 Å². The molecule has 8 nitrogen and oxygen atoms in total. The normalized spacial score (nSPS) is 10.6. The van der Waals surface area contributed by atoms with Crippen LogP contribution in [0.3, 0.4) is 0 Å². The molecule has 1 amide bonds. The van der Waals surface area contributed by atoms with E-state index in [0.717, 1.165) is 5.69 Å². The number of carbonyl (C=O) groups is 1. The second-order valence-electron chi connectivity index (χ2n) is 7.14. The lowest BCUT2D eigenvalue weighted by atomic mass is 10.2. The van der Waals surface area contributed by atoms with Gasteiger partial charge in [-0.1, -0.05) is 6.07 Å². The van der Waals surface area contributed by atoms with E-state index in [0.29, 0.717) is 40.5 Å². The summed E-state index contributed by atoms with van der Waals surface area (Å²) in [7, 11) is 1.57. The second-order valence-corrected chi connectivity index (χ2v) is 7.14. The van der Waals surface area contributed by atoms with Gasteiger partial charge in [0.15, 0.2) is 6.61 Å². The van der Waals surface area contributed by atoms with Gasteiger partial charge in [-0.05, 0) is 55.5 Å². The zero-order valence-electron chi connectivity index (χ0n) is 18.2. The first kappa shape index (κ1) is 21.9. The van der Waals surface area contributed by atoms with Crippen molar-refractivity contribution in [3.63, 3.8) is 0 Å². The van der Waals surface area contributed by atoms with E-state index in [1.165, 1.54) is 0 Å². The van der Waals surface area contributed by atoms with E-state index in [-0.39, 0.29) is 23.7 Å². The lowest BCUT2D eigenvalue weighted by Crippen LogP contribution is -2.28. The Morgan fingerprint density at radius 1 is 1.03 bits per heavy atom. The van der Waals surface area contributed by atoms with E-state index in [1.54, 1.807) is 62.7 Å². The Morgan fingerprint density at radius 3 is 2.52 bits per heavy atom. The van der Waals surface area contributed by atoms with Gasteiger partial charge in [-0.25, -0.2) is 0 Å². The van der Waals surface area contributed by atoms with Crippen LogP contribution >= 0.6 is 0 Å². The number of hydrogen-bond acceptors (Lipinski definition) is 7. The van der Waals surface area contributed by atoms with Gasteiger partial charge in [0.05, 0.1) is 24.7 Å². The predicted molar refractivity (Wildman–Crippen MR) is 122 cm³/mol. The molecule has 0 unspecified atom stereocenters. The maximum atomic E-state index is 13.0. The molecule has 2 heterocycles. The van der Waals surface area contributed by atoms with Crippen molar-refractivity contribution in [2.45, 2.75) is 13.5 Å². The van der Waals surface area contributed by atoms with Gasteiger partial charge in [-0.15, -0.1) is 0 Å².